The van der Waals surface area contributed by atoms with Gasteiger partial charge in [0.1, 0.15) is 5.70 Å². The number of hydrogen-bond donors (Lipinski definition) is 0. The van der Waals surface area contributed by atoms with Crippen molar-refractivity contribution in [2.45, 2.75) is 33.1 Å². The van der Waals surface area contributed by atoms with Crippen LogP contribution in [0.5, 0.6) is 0 Å². The second-order valence-electron chi connectivity index (χ2n) is 6.25. The Bertz CT molecular complexity index is 722. The van der Waals surface area contributed by atoms with Gasteiger partial charge in [-0.3, -0.25) is 4.79 Å². The van der Waals surface area contributed by atoms with E-state index in [1.165, 1.54) is 11.1 Å². The molecule has 24 heavy (non-hydrogen) atoms. The van der Waals surface area contributed by atoms with Crippen LogP contribution in [0.1, 0.15) is 37.6 Å². The third kappa shape index (κ3) is 3.53. The Morgan fingerprint density at radius 3 is 2.79 bits per heavy atom. The molecule has 2 heterocycles. The van der Waals surface area contributed by atoms with E-state index in [1.54, 1.807) is 6.92 Å². The van der Waals surface area contributed by atoms with Crippen molar-refractivity contribution >= 4 is 17.7 Å². The Balaban J connectivity index is 1.94. The van der Waals surface area contributed by atoms with E-state index in [4.69, 9.17) is 0 Å². The molecule has 1 aromatic carbocycles. The van der Waals surface area contributed by atoms with Gasteiger partial charge in [0.25, 0.3) is 5.91 Å². The summed E-state index contributed by atoms with van der Waals surface area (Å²) < 4.78 is 1.53. The van der Waals surface area contributed by atoms with Gasteiger partial charge in [-0.05, 0) is 47.7 Å². The van der Waals surface area contributed by atoms with Crippen molar-refractivity contribution in [3.63, 3.8) is 0 Å². The quantitative estimate of drug-likeness (QED) is 0.811. The van der Waals surface area contributed by atoms with Crippen LogP contribution in [-0.2, 0) is 4.79 Å². The molecule has 1 fully saturated rings. The number of carbonyl (C=O) groups excluding carboxylic acids is 1. The van der Waals surface area contributed by atoms with Crippen LogP contribution in [0.4, 0.5) is 0 Å². The van der Waals surface area contributed by atoms with Crippen LogP contribution in [0.3, 0.4) is 0 Å². The molecule has 1 amide bonds. The minimum absolute atomic E-state index is 0.00703. The van der Waals surface area contributed by atoms with Crippen LogP contribution < -0.4 is 0 Å². The second-order valence-corrected chi connectivity index (χ2v) is 6.25. The van der Waals surface area contributed by atoms with Crippen LogP contribution in [0.25, 0.3) is 11.8 Å². The highest BCUT2D eigenvalue weighted by molar-refractivity contribution is 6.18. The molecule has 6 heteroatoms. The van der Waals surface area contributed by atoms with Gasteiger partial charge in [0.15, 0.2) is 5.82 Å². The first-order valence-electron chi connectivity index (χ1n) is 8.50. The molecule has 126 valence electrons. The number of rotatable bonds is 4. The number of aryl methyl sites for hydroxylation is 1. The number of aromatic nitrogens is 4. The summed E-state index contributed by atoms with van der Waals surface area (Å²) in [5.74, 6) is 1.18. The number of likely N-dealkylation sites (tertiary alicyclic amines) is 1. The van der Waals surface area contributed by atoms with Crippen molar-refractivity contribution in [2.24, 2.45) is 5.92 Å². The molecule has 1 aromatic heterocycles. The van der Waals surface area contributed by atoms with Gasteiger partial charge >= 0.3 is 0 Å². The zero-order valence-corrected chi connectivity index (χ0v) is 14.2. The smallest absolute Gasteiger partial charge is 0.272 e. The lowest BCUT2D eigenvalue weighted by atomic mass is 9.95. The molecule has 0 unspecified atom stereocenters. The molecule has 0 spiro atoms. The molecule has 1 aliphatic heterocycles. The Kier molecular flexibility index (Phi) is 5.03. The molecule has 0 radical (unpaired) electrons. The lowest BCUT2D eigenvalue weighted by Gasteiger charge is -2.32. The highest BCUT2D eigenvalue weighted by Gasteiger charge is 2.27. The van der Waals surface area contributed by atoms with E-state index in [2.05, 4.69) is 22.4 Å². The van der Waals surface area contributed by atoms with Crippen molar-refractivity contribution in [1.29, 1.82) is 0 Å². The molecule has 3 rings (SSSR count). The number of nitrogens with zero attached hydrogens (tertiary/aromatic N) is 5. The number of carbonyl (C=O) groups is 1. The fraction of sp³-hybridized carbons (Fsp3) is 0.444. The van der Waals surface area contributed by atoms with E-state index in [0.717, 1.165) is 31.5 Å². The van der Waals surface area contributed by atoms with Gasteiger partial charge in [0.05, 0.1) is 0 Å². The number of piperidine rings is 1. The summed E-state index contributed by atoms with van der Waals surface area (Å²) in [4.78, 5) is 15.1. The van der Waals surface area contributed by atoms with E-state index < -0.39 is 0 Å². The molecule has 0 saturated carbocycles. The molecule has 1 aliphatic rings. The van der Waals surface area contributed by atoms with Gasteiger partial charge in [0, 0.05) is 13.1 Å². The molecule has 1 atom stereocenters. The molecule has 1 saturated heterocycles. The van der Waals surface area contributed by atoms with Crippen molar-refractivity contribution in [2.75, 3.05) is 13.1 Å². The maximum Gasteiger partial charge on any atom is 0.272 e. The van der Waals surface area contributed by atoms with Crippen LogP contribution in [0.2, 0.25) is 0 Å². The Morgan fingerprint density at radius 1 is 1.33 bits per heavy atom. The van der Waals surface area contributed by atoms with Crippen molar-refractivity contribution in [3.05, 3.63) is 41.7 Å². The van der Waals surface area contributed by atoms with Crippen LogP contribution >= 0.6 is 0 Å². The standard InChI is InChI=1S/C18H23N5O/c1-3-15-10-7-11-22(13-15)18(24)17(23-14(2)19-20-21-23)12-16-8-5-4-6-9-16/h4-6,8-9,12,15H,3,7,10-11,13H2,1-2H3/b17-12-/t15-/m1/s1. The summed E-state index contributed by atoms with van der Waals surface area (Å²) in [6.45, 7) is 5.59. The van der Waals surface area contributed by atoms with Gasteiger partial charge in [-0.15, -0.1) is 5.10 Å². The first kappa shape index (κ1) is 16.4. The fourth-order valence-corrected chi connectivity index (χ4v) is 3.12. The van der Waals surface area contributed by atoms with Crippen molar-refractivity contribution in [3.8, 4) is 0 Å². The van der Waals surface area contributed by atoms with Gasteiger partial charge in [-0.2, -0.15) is 4.68 Å². The lowest BCUT2D eigenvalue weighted by Crippen LogP contribution is -2.41. The molecule has 0 N–H and O–H groups in total. The molecule has 6 nitrogen and oxygen atoms in total. The van der Waals surface area contributed by atoms with Crippen LogP contribution in [0.15, 0.2) is 30.3 Å². The molecule has 2 aromatic rings. The highest BCUT2D eigenvalue weighted by Crippen LogP contribution is 2.23. The minimum Gasteiger partial charge on any atom is -0.337 e. The van der Waals surface area contributed by atoms with Crippen molar-refractivity contribution in [1.82, 2.24) is 25.1 Å². The first-order valence-corrected chi connectivity index (χ1v) is 8.50. The second kappa shape index (κ2) is 7.38. The summed E-state index contributed by atoms with van der Waals surface area (Å²) in [5, 5.41) is 11.6. The third-order valence-corrected chi connectivity index (χ3v) is 4.56. The van der Waals surface area contributed by atoms with Crippen LogP contribution in [-0.4, -0.2) is 44.1 Å². The fourth-order valence-electron chi connectivity index (χ4n) is 3.12. The molecular formula is C18H23N5O. The maximum absolute atomic E-state index is 13.2. The number of benzene rings is 1. The number of hydrogen-bond acceptors (Lipinski definition) is 4. The predicted molar refractivity (Wildman–Crippen MR) is 92.8 cm³/mol. The Labute approximate surface area is 142 Å². The number of amides is 1. The van der Waals surface area contributed by atoms with Gasteiger partial charge < -0.3 is 4.90 Å². The van der Waals surface area contributed by atoms with E-state index >= 15 is 0 Å². The topological polar surface area (TPSA) is 63.9 Å². The van der Waals surface area contributed by atoms with Crippen molar-refractivity contribution < 1.29 is 4.79 Å². The van der Waals surface area contributed by atoms with Gasteiger partial charge in [0.2, 0.25) is 0 Å². The lowest BCUT2D eigenvalue weighted by molar-refractivity contribution is -0.127. The molecule has 0 bridgehead atoms. The molecular weight excluding hydrogens is 302 g/mol. The van der Waals surface area contributed by atoms with Gasteiger partial charge in [-0.1, -0.05) is 43.7 Å². The summed E-state index contributed by atoms with van der Waals surface area (Å²) in [7, 11) is 0. The third-order valence-electron chi connectivity index (χ3n) is 4.56. The predicted octanol–water partition coefficient (Wildman–Crippen LogP) is 2.63. The average Bonchev–Trinajstić information content (AvgIpc) is 3.06. The van der Waals surface area contributed by atoms with Gasteiger partial charge in [-0.25, -0.2) is 0 Å². The summed E-state index contributed by atoms with van der Waals surface area (Å²) >= 11 is 0. The monoisotopic (exact) mass is 325 g/mol. The summed E-state index contributed by atoms with van der Waals surface area (Å²) in [6.07, 6.45) is 5.21. The zero-order chi connectivity index (χ0) is 16.9. The maximum atomic E-state index is 13.2. The van der Waals surface area contributed by atoms with Crippen LogP contribution in [0, 0.1) is 12.8 Å². The minimum atomic E-state index is -0.00703. The van der Waals surface area contributed by atoms with E-state index in [1.807, 2.05) is 41.3 Å². The Hall–Kier alpha value is -2.50. The van der Waals surface area contributed by atoms with E-state index in [0.29, 0.717) is 17.4 Å². The SMILES string of the molecule is CC[C@@H]1CCCN(C(=O)/C(=C/c2ccccc2)n2nnnc2C)C1. The summed E-state index contributed by atoms with van der Waals surface area (Å²) in [6, 6.07) is 9.80. The van der Waals surface area contributed by atoms with E-state index in [9.17, 15) is 4.79 Å². The number of tetrazole rings is 1. The zero-order valence-electron chi connectivity index (χ0n) is 14.2. The first-order chi connectivity index (χ1) is 11.7. The highest BCUT2D eigenvalue weighted by atomic mass is 16.2. The Morgan fingerprint density at radius 2 is 2.12 bits per heavy atom. The average molecular weight is 325 g/mol. The van der Waals surface area contributed by atoms with E-state index in [-0.39, 0.29) is 5.91 Å². The normalized spacial score (nSPS) is 18.7. The molecule has 0 aliphatic carbocycles. The summed E-state index contributed by atoms with van der Waals surface area (Å²) in [5.41, 5.74) is 1.46. The largest absolute Gasteiger partial charge is 0.337 e.